The fourth-order valence-corrected chi connectivity index (χ4v) is 1.75. The second-order valence-electron chi connectivity index (χ2n) is 6.52. The van der Waals surface area contributed by atoms with Gasteiger partial charge in [-0.15, -0.1) is 0 Å². The normalized spacial score (nSPS) is 10.6. The molecule has 0 spiro atoms. The summed E-state index contributed by atoms with van der Waals surface area (Å²) in [7, 11) is 0. The molecular formula is C17H28N2O4. The van der Waals surface area contributed by atoms with E-state index in [0.717, 1.165) is 16.9 Å². The van der Waals surface area contributed by atoms with E-state index in [4.69, 9.17) is 21.7 Å². The van der Waals surface area contributed by atoms with Gasteiger partial charge in [-0.05, 0) is 48.4 Å². The molecule has 0 atom stereocenters. The van der Waals surface area contributed by atoms with Crippen molar-refractivity contribution in [1.29, 1.82) is 0 Å². The summed E-state index contributed by atoms with van der Waals surface area (Å²) in [6, 6.07) is 4.01. The Balaban J connectivity index is 0.000000438. The molecule has 0 radical (unpaired) electrons. The number of benzene rings is 1. The second kappa shape index (κ2) is 9.02. The highest BCUT2D eigenvalue weighted by molar-refractivity contribution is 5.68. The van der Waals surface area contributed by atoms with Crippen molar-refractivity contribution < 1.29 is 19.8 Å². The van der Waals surface area contributed by atoms with E-state index in [1.807, 2.05) is 19.1 Å². The number of rotatable bonds is 5. The molecule has 0 fully saturated rings. The van der Waals surface area contributed by atoms with Crippen LogP contribution >= 0.6 is 0 Å². The van der Waals surface area contributed by atoms with E-state index in [1.54, 1.807) is 0 Å². The number of nitrogens with two attached hydrogens (primary N) is 2. The van der Waals surface area contributed by atoms with Gasteiger partial charge in [-0.1, -0.05) is 20.8 Å². The van der Waals surface area contributed by atoms with Gasteiger partial charge in [0, 0.05) is 24.2 Å². The van der Waals surface area contributed by atoms with Crippen LogP contribution in [0.15, 0.2) is 12.1 Å². The number of nitrogen functional groups attached to an aromatic ring is 2. The Morgan fingerprint density at radius 1 is 0.957 bits per heavy atom. The average molecular weight is 324 g/mol. The predicted octanol–water partition coefficient (Wildman–Crippen LogP) is 3.17. The lowest BCUT2D eigenvalue weighted by Crippen LogP contribution is -2.12. The number of unbranched alkanes of at least 4 members (excludes halogenated alkanes) is 1. The van der Waals surface area contributed by atoms with Crippen LogP contribution in [-0.4, -0.2) is 22.2 Å². The predicted molar refractivity (Wildman–Crippen MR) is 92.4 cm³/mol. The molecule has 0 amide bonds. The topological polar surface area (TPSA) is 127 Å². The van der Waals surface area contributed by atoms with E-state index in [2.05, 4.69) is 20.8 Å². The zero-order valence-electron chi connectivity index (χ0n) is 14.3. The standard InChI is InChI=1S/C11H18N2.C6H10O4/c1-7-9(12)5-8(6-10(7)13)11(2,3)4;7-5(8)3-1-2-4-6(9)10/h5-6H,12-13H2,1-4H3;1-4H2,(H,7,8)(H,9,10). The molecule has 0 aliphatic heterocycles. The number of carboxylic acid groups (broad SMARTS) is 2. The highest BCUT2D eigenvalue weighted by atomic mass is 16.4. The first-order valence-electron chi connectivity index (χ1n) is 7.54. The molecule has 6 nitrogen and oxygen atoms in total. The van der Waals surface area contributed by atoms with Crippen LogP contribution in [0.3, 0.4) is 0 Å². The van der Waals surface area contributed by atoms with Gasteiger partial charge in [0.15, 0.2) is 0 Å². The molecule has 1 rings (SSSR count). The molecule has 0 unspecified atom stereocenters. The molecule has 0 aromatic heterocycles. The van der Waals surface area contributed by atoms with E-state index in [0.29, 0.717) is 12.8 Å². The van der Waals surface area contributed by atoms with Crippen LogP contribution in [0, 0.1) is 6.92 Å². The van der Waals surface area contributed by atoms with Gasteiger partial charge >= 0.3 is 11.9 Å². The largest absolute Gasteiger partial charge is 0.481 e. The molecule has 0 saturated carbocycles. The van der Waals surface area contributed by atoms with Gasteiger partial charge in [0.2, 0.25) is 0 Å². The van der Waals surface area contributed by atoms with Crippen molar-refractivity contribution >= 4 is 23.3 Å². The maximum absolute atomic E-state index is 9.90. The summed E-state index contributed by atoms with van der Waals surface area (Å²) in [5, 5.41) is 16.3. The summed E-state index contributed by atoms with van der Waals surface area (Å²) in [5.74, 6) is -1.74. The highest BCUT2D eigenvalue weighted by Crippen LogP contribution is 2.29. The number of carboxylic acids is 2. The summed E-state index contributed by atoms with van der Waals surface area (Å²) >= 11 is 0. The molecule has 23 heavy (non-hydrogen) atoms. The minimum absolute atomic E-state index is 0.0628. The molecule has 0 aliphatic carbocycles. The Hall–Kier alpha value is -2.24. The van der Waals surface area contributed by atoms with Crippen LogP contribution in [-0.2, 0) is 15.0 Å². The second-order valence-corrected chi connectivity index (χ2v) is 6.52. The van der Waals surface area contributed by atoms with Crippen molar-refractivity contribution in [3.8, 4) is 0 Å². The van der Waals surface area contributed by atoms with Gasteiger partial charge in [-0.3, -0.25) is 9.59 Å². The van der Waals surface area contributed by atoms with Crippen LogP contribution in [0.2, 0.25) is 0 Å². The fraction of sp³-hybridized carbons (Fsp3) is 0.529. The van der Waals surface area contributed by atoms with Crippen LogP contribution in [0.25, 0.3) is 0 Å². The third kappa shape index (κ3) is 8.70. The monoisotopic (exact) mass is 324 g/mol. The molecule has 1 aromatic rings. The number of aliphatic carboxylic acids is 2. The lowest BCUT2D eigenvalue weighted by atomic mass is 9.86. The first-order chi connectivity index (χ1) is 10.4. The molecule has 0 heterocycles. The maximum Gasteiger partial charge on any atom is 0.303 e. The van der Waals surface area contributed by atoms with Crippen LogP contribution < -0.4 is 11.5 Å². The zero-order chi connectivity index (χ0) is 18.2. The number of anilines is 2. The SMILES string of the molecule is Cc1c(N)cc(C(C)(C)C)cc1N.O=C(O)CCCCC(=O)O. The van der Waals surface area contributed by atoms with Crippen molar-refractivity contribution in [3.63, 3.8) is 0 Å². The zero-order valence-corrected chi connectivity index (χ0v) is 14.3. The third-order valence-electron chi connectivity index (χ3n) is 3.39. The fourth-order valence-electron chi connectivity index (χ4n) is 1.75. The van der Waals surface area contributed by atoms with Gasteiger partial charge in [0.05, 0.1) is 0 Å². The van der Waals surface area contributed by atoms with Gasteiger partial charge in [0.25, 0.3) is 0 Å². The molecule has 1 aromatic carbocycles. The van der Waals surface area contributed by atoms with Crippen molar-refractivity contribution in [2.75, 3.05) is 11.5 Å². The molecule has 6 heteroatoms. The van der Waals surface area contributed by atoms with Crippen molar-refractivity contribution in [3.05, 3.63) is 23.3 Å². The minimum Gasteiger partial charge on any atom is -0.481 e. The minimum atomic E-state index is -0.870. The number of hydrogen-bond donors (Lipinski definition) is 4. The van der Waals surface area contributed by atoms with E-state index >= 15 is 0 Å². The van der Waals surface area contributed by atoms with Gasteiger partial charge in [-0.2, -0.15) is 0 Å². The molecule has 0 bridgehead atoms. The van der Waals surface area contributed by atoms with Crippen LogP contribution in [0.5, 0.6) is 0 Å². The highest BCUT2D eigenvalue weighted by Gasteiger charge is 2.15. The van der Waals surface area contributed by atoms with E-state index in [9.17, 15) is 9.59 Å². The maximum atomic E-state index is 9.90. The van der Waals surface area contributed by atoms with Gasteiger partial charge in [0.1, 0.15) is 0 Å². The molecule has 6 N–H and O–H groups in total. The molecular weight excluding hydrogens is 296 g/mol. The third-order valence-corrected chi connectivity index (χ3v) is 3.39. The van der Waals surface area contributed by atoms with Crippen molar-refractivity contribution in [1.82, 2.24) is 0 Å². The first kappa shape index (κ1) is 20.8. The lowest BCUT2D eigenvalue weighted by molar-refractivity contribution is -0.139. The Morgan fingerprint density at radius 2 is 1.30 bits per heavy atom. The summed E-state index contributed by atoms with van der Waals surface area (Å²) in [6.45, 7) is 8.39. The quantitative estimate of drug-likeness (QED) is 0.486. The Morgan fingerprint density at radius 3 is 1.57 bits per heavy atom. The van der Waals surface area contributed by atoms with Gasteiger partial charge in [-0.25, -0.2) is 0 Å². The smallest absolute Gasteiger partial charge is 0.303 e. The number of carbonyl (C=O) groups is 2. The lowest BCUT2D eigenvalue weighted by Gasteiger charge is -2.21. The Labute approximate surface area is 137 Å². The summed E-state index contributed by atoms with van der Waals surface area (Å²) in [6.07, 6.45) is 1.02. The molecule has 0 saturated heterocycles. The average Bonchev–Trinajstić information content (AvgIpc) is 2.39. The van der Waals surface area contributed by atoms with Gasteiger partial charge < -0.3 is 21.7 Å². The van der Waals surface area contributed by atoms with Crippen LogP contribution in [0.1, 0.15) is 57.6 Å². The van der Waals surface area contributed by atoms with Crippen molar-refractivity contribution in [2.45, 2.75) is 58.8 Å². The molecule has 0 aliphatic rings. The summed E-state index contributed by atoms with van der Waals surface area (Å²) in [4.78, 5) is 19.8. The van der Waals surface area contributed by atoms with E-state index in [1.165, 1.54) is 5.56 Å². The van der Waals surface area contributed by atoms with E-state index < -0.39 is 11.9 Å². The van der Waals surface area contributed by atoms with Crippen LogP contribution in [0.4, 0.5) is 11.4 Å². The van der Waals surface area contributed by atoms with Crippen molar-refractivity contribution in [2.24, 2.45) is 0 Å². The first-order valence-corrected chi connectivity index (χ1v) is 7.54. The summed E-state index contributed by atoms with van der Waals surface area (Å²) < 4.78 is 0. The molecule has 130 valence electrons. The Kier molecular flexibility index (Phi) is 8.15. The van der Waals surface area contributed by atoms with E-state index in [-0.39, 0.29) is 18.3 Å². The number of hydrogen-bond acceptors (Lipinski definition) is 4. The Bertz CT molecular complexity index is 509. The summed E-state index contributed by atoms with van der Waals surface area (Å²) in [5.41, 5.74) is 15.5.